The molecule has 31 heavy (non-hydrogen) atoms. The molecule has 2 heterocycles. The van der Waals surface area contributed by atoms with Gasteiger partial charge in [0.15, 0.2) is 17.3 Å². The number of methoxy groups -OCH3 is 2. The van der Waals surface area contributed by atoms with Gasteiger partial charge in [0.25, 0.3) is 0 Å². The van der Waals surface area contributed by atoms with E-state index >= 15 is 0 Å². The number of hydrogen-bond donors (Lipinski definition) is 2. The molecular weight excluding hydrogens is 408 g/mol. The monoisotopic (exact) mass is 432 g/mol. The van der Waals surface area contributed by atoms with Gasteiger partial charge in [-0.1, -0.05) is 30.3 Å². The number of para-hydroxylation sites is 3. The van der Waals surface area contributed by atoms with Crippen LogP contribution in [0.25, 0.3) is 0 Å². The Morgan fingerprint density at radius 2 is 1.77 bits per heavy atom. The lowest BCUT2D eigenvalue weighted by molar-refractivity contribution is -0.116. The smallest absolute Gasteiger partial charge is 0.166 e. The molecule has 0 amide bonds. The zero-order valence-electron chi connectivity index (χ0n) is 17.5. The molecular formula is C25H24N2O3S. The molecule has 0 saturated heterocycles. The molecule has 5 rings (SSSR count). The average molecular weight is 433 g/mol. The fourth-order valence-corrected chi connectivity index (χ4v) is 5.42. The van der Waals surface area contributed by atoms with Gasteiger partial charge in [0.2, 0.25) is 0 Å². The second kappa shape index (κ2) is 8.12. The van der Waals surface area contributed by atoms with Crippen LogP contribution in [0.15, 0.2) is 71.2 Å². The summed E-state index contributed by atoms with van der Waals surface area (Å²) in [6.45, 7) is 0. The van der Waals surface area contributed by atoms with Gasteiger partial charge in [-0.15, -0.1) is 11.3 Å². The highest BCUT2D eigenvalue weighted by atomic mass is 32.1. The summed E-state index contributed by atoms with van der Waals surface area (Å²) in [7, 11) is 3.26. The Bertz CT molecular complexity index is 1150. The average Bonchev–Trinajstić information content (AvgIpc) is 3.27. The number of thiophene rings is 1. The molecule has 158 valence electrons. The lowest BCUT2D eigenvalue weighted by Gasteiger charge is -2.30. The Kier molecular flexibility index (Phi) is 5.16. The van der Waals surface area contributed by atoms with Crippen molar-refractivity contribution in [1.29, 1.82) is 0 Å². The van der Waals surface area contributed by atoms with E-state index in [1.54, 1.807) is 25.6 Å². The zero-order chi connectivity index (χ0) is 21.4. The summed E-state index contributed by atoms with van der Waals surface area (Å²) >= 11 is 1.72. The minimum atomic E-state index is -0.340. The third-order valence-electron chi connectivity index (χ3n) is 6.00. The van der Waals surface area contributed by atoms with Crippen LogP contribution in [0.5, 0.6) is 11.5 Å². The number of allylic oxidation sites excluding steroid dienone is 1. The lowest BCUT2D eigenvalue weighted by Crippen LogP contribution is -2.27. The van der Waals surface area contributed by atoms with E-state index in [9.17, 15) is 4.79 Å². The predicted molar refractivity (Wildman–Crippen MR) is 124 cm³/mol. The van der Waals surface area contributed by atoms with Crippen molar-refractivity contribution < 1.29 is 14.3 Å². The third kappa shape index (κ3) is 3.47. The van der Waals surface area contributed by atoms with Gasteiger partial charge < -0.3 is 20.1 Å². The van der Waals surface area contributed by atoms with Crippen molar-refractivity contribution in [2.24, 2.45) is 0 Å². The van der Waals surface area contributed by atoms with Gasteiger partial charge in [0.05, 0.1) is 31.6 Å². The van der Waals surface area contributed by atoms with Crippen LogP contribution < -0.4 is 20.1 Å². The van der Waals surface area contributed by atoms with Crippen molar-refractivity contribution in [3.05, 3.63) is 81.7 Å². The fraction of sp³-hybridized carbons (Fsp3) is 0.240. The number of rotatable bonds is 4. The first-order valence-corrected chi connectivity index (χ1v) is 11.2. The molecule has 0 fully saturated rings. The van der Waals surface area contributed by atoms with Crippen molar-refractivity contribution in [3.63, 3.8) is 0 Å². The van der Waals surface area contributed by atoms with Crippen LogP contribution in [-0.2, 0) is 4.79 Å². The zero-order valence-corrected chi connectivity index (χ0v) is 18.3. The molecule has 0 spiro atoms. The maximum absolute atomic E-state index is 13.6. The SMILES string of the molecule is COc1cccc([C@@H]2Nc3ccccc3NC3=C2C(=O)C[C@H](c2cccs2)C3)c1OC. The van der Waals surface area contributed by atoms with Gasteiger partial charge in [-0.25, -0.2) is 0 Å². The molecule has 0 saturated carbocycles. The Labute approximate surface area is 185 Å². The van der Waals surface area contributed by atoms with Crippen molar-refractivity contribution >= 4 is 28.5 Å². The van der Waals surface area contributed by atoms with Gasteiger partial charge in [-0.3, -0.25) is 4.79 Å². The van der Waals surface area contributed by atoms with Crippen LogP contribution >= 0.6 is 11.3 Å². The van der Waals surface area contributed by atoms with E-state index < -0.39 is 0 Å². The first-order chi connectivity index (χ1) is 15.2. The van der Waals surface area contributed by atoms with E-state index in [1.165, 1.54) is 4.88 Å². The van der Waals surface area contributed by atoms with Gasteiger partial charge in [0, 0.05) is 34.0 Å². The topological polar surface area (TPSA) is 59.6 Å². The molecule has 1 aromatic heterocycles. The molecule has 2 aliphatic rings. The molecule has 0 bridgehead atoms. The van der Waals surface area contributed by atoms with E-state index in [4.69, 9.17) is 9.47 Å². The Balaban J connectivity index is 1.67. The summed E-state index contributed by atoms with van der Waals surface area (Å²) < 4.78 is 11.3. The van der Waals surface area contributed by atoms with Gasteiger partial charge >= 0.3 is 0 Å². The summed E-state index contributed by atoms with van der Waals surface area (Å²) in [4.78, 5) is 14.8. The number of nitrogens with one attached hydrogen (secondary N) is 2. The lowest BCUT2D eigenvalue weighted by atomic mass is 9.80. The van der Waals surface area contributed by atoms with Gasteiger partial charge in [0.1, 0.15) is 0 Å². The van der Waals surface area contributed by atoms with Crippen LogP contribution in [0.4, 0.5) is 11.4 Å². The molecule has 2 aromatic carbocycles. The van der Waals surface area contributed by atoms with Crippen LogP contribution in [0, 0.1) is 0 Å². The highest BCUT2D eigenvalue weighted by Gasteiger charge is 2.37. The summed E-state index contributed by atoms with van der Waals surface area (Å²) in [5, 5.41) is 9.26. The third-order valence-corrected chi connectivity index (χ3v) is 7.03. The Hall–Kier alpha value is -3.25. The summed E-state index contributed by atoms with van der Waals surface area (Å²) in [6.07, 6.45) is 1.29. The summed E-state index contributed by atoms with van der Waals surface area (Å²) in [5.74, 6) is 1.63. The van der Waals surface area contributed by atoms with E-state index in [1.807, 2.05) is 42.5 Å². The molecule has 2 N–H and O–H groups in total. The second-order valence-corrected chi connectivity index (χ2v) is 8.75. The minimum absolute atomic E-state index is 0.155. The number of fused-ring (bicyclic) bond motifs is 1. The van der Waals surface area contributed by atoms with E-state index in [2.05, 4.69) is 28.1 Å². The highest BCUT2D eigenvalue weighted by Crippen LogP contribution is 2.47. The normalized spacial score (nSPS) is 20.1. The number of ether oxygens (including phenoxy) is 2. The molecule has 0 radical (unpaired) electrons. The number of carbonyl (C=O) groups is 1. The second-order valence-electron chi connectivity index (χ2n) is 7.77. The minimum Gasteiger partial charge on any atom is -0.493 e. The van der Waals surface area contributed by atoms with E-state index in [0.717, 1.165) is 34.6 Å². The number of anilines is 2. The number of hydrogen-bond acceptors (Lipinski definition) is 6. The van der Waals surface area contributed by atoms with Gasteiger partial charge in [-0.05, 0) is 36.1 Å². The van der Waals surface area contributed by atoms with Crippen LogP contribution in [0.2, 0.25) is 0 Å². The number of ketones is 1. The molecule has 5 nitrogen and oxygen atoms in total. The fourth-order valence-electron chi connectivity index (χ4n) is 4.59. The van der Waals surface area contributed by atoms with Crippen LogP contribution in [-0.4, -0.2) is 20.0 Å². The van der Waals surface area contributed by atoms with Gasteiger partial charge in [-0.2, -0.15) is 0 Å². The van der Waals surface area contributed by atoms with Crippen molar-refractivity contribution in [2.45, 2.75) is 24.8 Å². The van der Waals surface area contributed by atoms with E-state index in [-0.39, 0.29) is 17.7 Å². The van der Waals surface area contributed by atoms with Crippen LogP contribution in [0.3, 0.4) is 0 Å². The summed E-state index contributed by atoms with van der Waals surface area (Å²) in [5.41, 5.74) is 4.56. The Morgan fingerprint density at radius 1 is 0.935 bits per heavy atom. The quantitative estimate of drug-likeness (QED) is 0.550. The van der Waals surface area contributed by atoms with Crippen LogP contribution in [0.1, 0.15) is 35.2 Å². The summed E-state index contributed by atoms with van der Waals surface area (Å²) in [6, 6.07) is 17.7. The maximum Gasteiger partial charge on any atom is 0.166 e. The first kappa shape index (κ1) is 19.7. The van der Waals surface area contributed by atoms with Crippen molar-refractivity contribution in [3.8, 4) is 11.5 Å². The standard InChI is InChI=1S/C25H24N2O3S/c1-29-21-10-5-7-16(25(21)30-2)24-23-19(26-17-8-3-4-9-18(17)27-24)13-15(14-20(23)28)22-11-6-12-31-22/h3-12,15,24,26-27H,13-14H2,1-2H3/t15-,24+/m1/s1. The van der Waals surface area contributed by atoms with E-state index in [0.29, 0.717) is 17.9 Å². The number of benzene rings is 2. The molecule has 3 aromatic rings. The van der Waals surface area contributed by atoms with Crippen molar-refractivity contribution in [2.75, 3.05) is 24.9 Å². The molecule has 2 atom stereocenters. The number of Topliss-reactive ketones (excluding diaryl/α,β-unsaturated/α-hetero) is 1. The highest BCUT2D eigenvalue weighted by molar-refractivity contribution is 7.10. The number of carbonyl (C=O) groups excluding carboxylic acids is 1. The molecule has 1 aliphatic carbocycles. The maximum atomic E-state index is 13.6. The molecule has 1 aliphatic heterocycles. The van der Waals surface area contributed by atoms with Crippen molar-refractivity contribution in [1.82, 2.24) is 0 Å². The molecule has 0 unspecified atom stereocenters. The Morgan fingerprint density at radius 3 is 2.52 bits per heavy atom. The molecule has 6 heteroatoms. The first-order valence-electron chi connectivity index (χ1n) is 10.3. The largest absolute Gasteiger partial charge is 0.493 e. The predicted octanol–water partition coefficient (Wildman–Crippen LogP) is 5.74.